The van der Waals surface area contributed by atoms with Crippen molar-refractivity contribution in [1.29, 1.82) is 0 Å². The Bertz CT molecular complexity index is 391. The minimum absolute atomic E-state index is 0. The van der Waals surface area contributed by atoms with Gasteiger partial charge in [0.05, 0.1) is 0 Å². The first-order chi connectivity index (χ1) is 9.84. The van der Waals surface area contributed by atoms with Gasteiger partial charge in [0, 0.05) is 12.1 Å². The summed E-state index contributed by atoms with van der Waals surface area (Å²) in [5.74, 6) is 0.812. The van der Waals surface area contributed by atoms with Crippen LogP contribution in [0.1, 0.15) is 69.3 Å². The van der Waals surface area contributed by atoms with Crippen LogP contribution in [-0.4, -0.2) is 24.0 Å². The Balaban J connectivity index is 0.00000161. The van der Waals surface area contributed by atoms with Crippen LogP contribution in [0.2, 0.25) is 0 Å². The zero-order valence-corrected chi connectivity index (χ0v) is 14.2. The predicted octanol–water partition coefficient (Wildman–Crippen LogP) is 5.40. The summed E-state index contributed by atoms with van der Waals surface area (Å²) in [5.41, 5.74) is 1.56. The number of halogens is 1. The summed E-state index contributed by atoms with van der Waals surface area (Å²) in [6, 6.07) is 12.9. The van der Waals surface area contributed by atoms with Crippen molar-refractivity contribution in [2.75, 3.05) is 7.05 Å². The molecular formula is C19H30ClN. The van der Waals surface area contributed by atoms with Crippen molar-refractivity contribution < 1.29 is 0 Å². The van der Waals surface area contributed by atoms with E-state index in [1.165, 1.54) is 57.8 Å². The van der Waals surface area contributed by atoms with Gasteiger partial charge in [0.1, 0.15) is 0 Å². The number of hydrogen-bond acceptors (Lipinski definition) is 1. The molecule has 0 unspecified atom stereocenters. The molecule has 3 rings (SSSR count). The van der Waals surface area contributed by atoms with E-state index in [-0.39, 0.29) is 12.4 Å². The average Bonchev–Trinajstić information content (AvgIpc) is 2.56. The first-order valence-corrected chi connectivity index (χ1v) is 8.61. The predicted molar refractivity (Wildman–Crippen MR) is 93.3 cm³/mol. The Morgan fingerprint density at radius 2 is 1.33 bits per heavy atom. The van der Waals surface area contributed by atoms with E-state index in [4.69, 9.17) is 0 Å². The number of benzene rings is 1. The summed E-state index contributed by atoms with van der Waals surface area (Å²) in [7, 11) is 2.39. The van der Waals surface area contributed by atoms with Crippen LogP contribution in [0.5, 0.6) is 0 Å². The molecular weight excluding hydrogens is 278 g/mol. The van der Waals surface area contributed by atoms with Crippen LogP contribution >= 0.6 is 12.4 Å². The summed E-state index contributed by atoms with van der Waals surface area (Å²) < 4.78 is 0. The highest BCUT2D eigenvalue weighted by Gasteiger charge is 2.28. The molecule has 0 heterocycles. The molecule has 2 aliphatic rings. The highest BCUT2D eigenvalue weighted by Crippen LogP contribution is 2.36. The Hall–Kier alpha value is -0.530. The van der Waals surface area contributed by atoms with E-state index >= 15 is 0 Å². The molecule has 0 saturated heterocycles. The van der Waals surface area contributed by atoms with Crippen molar-refractivity contribution in [2.45, 2.75) is 75.8 Å². The SMILES string of the molecule is CN(C1CCCCC1)C1CCC(c2ccccc2)CC1.Cl. The molecule has 2 fully saturated rings. The van der Waals surface area contributed by atoms with Crippen LogP contribution in [0.4, 0.5) is 0 Å². The van der Waals surface area contributed by atoms with Gasteiger partial charge >= 0.3 is 0 Å². The molecule has 0 N–H and O–H groups in total. The van der Waals surface area contributed by atoms with E-state index in [0.717, 1.165) is 18.0 Å². The van der Waals surface area contributed by atoms with Gasteiger partial charge in [-0.15, -0.1) is 12.4 Å². The number of nitrogens with zero attached hydrogens (tertiary/aromatic N) is 1. The quantitative estimate of drug-likeness (QED) is 0.722. The second kappa shape index (κ2) is 8.19. The Morgan fingerprint density at radius 3 is 1.95 bits per heavy atom. The van der Waals surface area contributed by atoms with Crippen molar-refractivity contribution in [2.24, 2.45) is 0 Å². The van der Waals surface area contributed by atoms with Gasteiger partial charge in [-0.2, -0.15) is 0 Å². The molecule has 0 spiro atoms. The highest BCUT2D eigenvalue weighted by molar-refractivity contribution is 5.85. The van der Waals surface area contributed by atoms with Crippen LogP contribution < -0.4 is 0 Å². The van der Waals surface area contributed by atoms with Gasteiger partial charge in [-0.25, -0.2) is 0 Å². The molecule has 2 aliphatic carbocycles. The van der Waals surface area contributed by atoms with Gasteiger partial charge in [-0.3, -0.25) is 0 Å². The van der Waals surface area contributed by atoms with E-state index in [2.05, 4.69) is 42.3 Å². The van der Waals surface area contributed by atoms with Gasteiger partial charge < -0.3 is 4.90 Å². The topological polar surface area (TPSA) is 3.24 Å². The van der Waals surface area contributed by atoms with E-state index in [9.17, 15) is 0 Å². The fourth-order valence-corrected chi connectivity index (χ4v) is 4.33. The van der Waals surface area contributed by atoms with Crippen LogP contribution in [0.3, 0.4) is 0 Å². The Kier molecular flexibility index (Phi) is 6.57. The molecule has 0 aliphatic heterocycles. The third kappa shape index (κ3) is 4.23. The third-order valence-corrected chi connectivity index (χ3v) is 5.69. The molecule has 2 saturated carbocycles. The molecule has 0 bridgehead atoms. The van der Waals surface area contributed by atoms with Gasteiger partial charge in [0.2, 0.25) is 0 Å². The van der Waals surface area contributed by atoms with Gasteiger partial charge in [-0.05, 0) is 57.1 Å². The largest absolute Gasteiger partial charge is 0.300 e. The molecule has 1 nitrogen and oxygen atoms in total. The molecule has 1 aromatic rings. The molecule has 0 amide bonds. The summed E-state index contributed by atoms with van der Waals surface area (Å²) in [6.07, 6.45) is 12.8. The summed E-state index contributed by atoms with van der Waals surface area (Å²) in [6.45, 7) is 0. The minimum Gasteiger partial charge on any atom is -0.300 e. The van der Waals surface area contributed by atoms with Gasteiger partial charge in [0.25, 0.3) is 0 Å². The lowest BCUT2D eigenvalue weighted by Gasteiger charge is -2.40. The molecule has 118 valence electrons. The maximum Gasteiger partial charge on any atom is 0.00955 e. The van der Waals surface area contributed by atoms with E-state index in [0.29, 0.717) is 0 Å². The first kappa shape index (κ1) is 16.8. The minimum atomic E-state index is 0. The van der Waals surface area contributed by atoms with Crippen LogP contribution in [0.25, 0.3) is 0 Å². The zero-order valence-electron chi connectivity index (χ0n) is 13.3. The Morgan fingerprint density at radius 1 is 0.762 bits per heavy atom. The van der Waals surface area contributed by atoms with Crippen molar-refractivity contribution in [3.8, 4) is 0 Å². The molecule has 2 heteroatoms. The zero-order chi connectivity index (χ0) is 13.8. The smallest absolute Gasteiger partial charge is 0.00955 e. The van der Waals surface area contributed by atoms with E-state index in [1.54, 1.807) is 5.56 Å². The van der Waals surface area contributed by atoms with Gasteiger partial charge in [-0.1, -0.05) is 49.6 Å². The van der Waals surface area contributed by atoms with Crippen molar-refractivity contribution >= 4 is 12.4 Å². The van der Waals surface area contributed by atoms with E-state index < -0.39 is 0 Å². The second-order valence-corrected chi connectivity index (χ2v) is 6.87. The molecule has 0 atom stereocenters. The van der Waals surface area contributed by atoms with Crippen LogP contribution in [0.15, 0.2) is 30.3 Å². The summed E-state index contributed by atoms with van der Waals surface area (Å²) in [4.78, 5) is 2.74. The van der Waals surface area contributed by atoms with Crippen LogP contribution in [0, 0.1) is 0 Å². The van der Waals surface area contributed by atoms with Crippen molar-refractivity contribution in [3.63, 3.8) is 0 Å². The lowest BCUT2D eigenvalue weighted by atomic mass is 9.80. The third-order valence-electron chi connectivity index (χ3n) is 5.69. The van der Waals surface area contributed by atoms with Crippen molar-refractivity contribution in [1.82, 2.24) is 4.90 Å². The molecule has 1 aromatic carbocycles. The average molecular weight is 308 g/mol. The second-order valence-electron chi connectivity index (χ2n) is 6.87. The normalized spacial score (nSPS) is 27.3. The first-order valence-electron chi connectivity index (χ1n) is 8.61. The fraction of sp³-hybridized carbons (Fsp3) is 0.684. The fourth-order valence-electron chi connectivity index (χ4n) is 4.33. The maximum absolute atomic E-state index is 2.74. The molecule has 0 aromatic heterocycles. The molecule has 21 heavy (non-hydrogen) atoms. The molecule has 0 radical (unpaired) electrons. The lowest BCUT2D eigenvalue weighted by molar-refractivity contribution is 0.106. The monoisotopic (exact) mass is 307 g/mol. The standard InChI is InChI=1S/C19H29N.ClH/c1-20(18-10-6-3-7-11-18)19-14-12-17(13-15-19)16-8-4-2-5-9-16;/h2,4-5,8-9,17-19H,3,6-7,10-15H2,1H3;1H. The van der Waals surface area contributed by atoms with Crippen LogP contribution in [-0.2, 0) is 0 Å². The highest BCUT2D eigenvalue weighted by atomic mass is 35.5. The van der Waals surface area contributed by atoms with Crippen molar-refractivity contribution in [3.05, 3.63) is 35.9 Å². The maximum atomic E-state index is 2.74. The Labute approximate surface area is 136 Å². The van der Waals surface area contributed by atoms with E-state index in [1.807, 2.05) is 0 Å². The number of hydrogen-bond donors (Lipinski definition) is 0. The summed E-state index contributed by atoms with van der Waals surface area (Å²) in [5, 5.41) is 0. The lowest BCUT2D eigenvalue weighted by Crippen LogP contribution is -2.42. The summed E-state index contributed by atoms with van der Waals surface area (Å²) >= 11 is 0. The number of rotatable bonds is 3. The van der Waals surface area contributed by atoms with Gasteiger partial charge in [0.15, 0.2) is 0 Å².